The van der Waals surface area contributed by atoms with Gasteiger partial charge in [0.25, 0.3) is 5.91 Å². The minimum absolute atomic E-state index is 0.0457. The predicted octanol–water partition coefficient (Wildman–Crippen LogP) is 3.82. The first-order valence-corrected chi connectivity index (χ1v) is 15.3. The first kappa shape index (κ1) is 34.1. The monoisotopic (exact) mass is 592 g/mol. The van der Waals surface area contributed by atoms with Crippen LogP contribution in [0, 0.1) is 5.92 Å². The minimum Gasteiger partial charge on any atom is -0.456 e. The summed E-state index contributed by atoms with van der Waals surface area (Å²) in [5.74, 6) is -2.01. The van der Waals surface area contributed by atoms with Gasteiger partial charge >= 0.3 is 5.97 Å². The Balaban J connectivity index is 2.09. The van der Waals surface area contributed by atoms with E-state index in [1.165, 1.54) is 38.5 Å². The number of hydrogen-bond acceptors (Lipinski definition) is 9. The zero-order valence-corrected chi connectivity index (χ0v) is 25.6. The number of rotatable bonds is 11. The van der Waals surface area contributed by atoms with Gasteiger partial charge in [0.15, 0.2) is 10.8 Å². The highest BCUT2D eigenvalue weighted by molar-refractivity contribution is 8.13. The number of nitrogens with zero attached hydrogens (tertiary/aromatic N) is 1. The topological polar surface area (TPSA) is 157 Å². The van der Waals surface area contributed by atoms with Gasteiger partial charge in [0.05, 0.1) is 13.0 Å². The second kappa shape index (κ2) is 17.0. The molecule has 11 nitrogen and oxygen atoms in total. The van der Waals surface area contributed by atoms with E-state index >= 15 is 0 Å². The summed E-state index contributed by atoms with van der Waals surface area (Å²) in [4.78, 5) is 67.7. The van der Waals surface area contributed by atoms with E-state index in [0.717, 1.165) is 25.5 Å². The molecule has 0 saturated heterocycles. The van der Waals surface area contributed by atoms with Crippen molar-refractivity contribution in [2.75, 3.05) is 5.75 Å². The van der Waals surface area contributed by atoms with Crippen molar-refractivity contribution >= 4 is 40.6 Å². The highest BCUT2D eigenvalue weighted by Gasteiger charge is 2.36. The molecule has 0 aliphatic carbocycles. The number of esters is 1. The lowest BCUT2D eigenvalue weighted by atomic mass is 9.99. The number of unbranched alkanes of at least 4 members (excludes halogenated alkanes) is 4. The highest BCUT2D eigenvalue weighted by Crippen LogP contribution is 2.15. The molecule has 0 fully saturated rings. The lowest BCUT2D eigenvalue weighted by Crippen LogP contribution is -2.59. The van der Waals surface area contributed by atoms with E-state index in [2.05, 4.69) is 27.9 Å². The number of fused-ring (bicyclic) bond motifs is 2. The Kier molecular flexibility index (Phi) is 14.1. The second-order valence-electron chi connectivity index (χ2n) is 11.0. The summed E-state index contributed by atoms with van der Waals surface area (Å²) < 4.78 is 11.0. The molecule has 0 saturated carbocycles. The zero-order valence-electron chi connectivity index (χ0n) is 24.7. The van der Waals surface area contributed by atoms with Crippen LogP contribution in [0.4, 0.5) is 0 Å². The fourth-order valence-corrected chi connectivity index (χ4v) is 4.73. The number of oxazole rings is 1. The normalized spacial score (nSPS) is 20.4. The van der Waals surface area contributed by atoms with E-state index in [0.29, 0.717) is 18.6 Å². The van der Waals surface area contributed by atoms with Crippen LogP contribution in [0.3, 0.4) is 0 Å². The van der Waals surface area contributed by atoms with Gasteiger partial charge < -0.3 is 25.1 Å². The molecule has 2 rings (SSSR count). The first-order chi connectivity index (χ1) is 19.4. The molecule has 1 aliphatic rings. The van der Waals surface area contributed by atoms with Crippen molar-refractivity contribution in [2.24, 2.45) is 5.92 Å². The van der Waals surface area contributed by atoms with Crippen molar-refractivity contribution < 1.29 is 33.1 Å². The summed E-state index contributed by atoms with van der Waals surface area (Å²) in [7, 11) is 0. The van der Waals surface area contributed by atoms with Crippen LogP contribution in [0.15, 0.2) is 22.8 Å². The molecule has 1 aromatic heterocycles. The number of allylic oxidation sites excluding steroid dienone is 1. The number of cyclic esters (lactones) is 1. The molecule has 12 heteroatoms. The minimum atomic E-state index is -1.38. The average Bonchev–Trinajstić information content (AvgIpc) is 3.38. The van der Waals surface area contributed by atoms with Gasteiger partial charge in [-0.05, 0) is 38.7 Å². The SMILES string of the molecule is CCCCCCCC(=O)SCC/C=C/[C@@H]1CC(=O)NCc2nc(co2)C(=O)NC(C)(C)C(=O)NC(C(C)C)C(=O)O1. The van der Waals surface area contributed by atoms with E-state index in [1.54, 1.807) is 26.0 Å². The first-order valence-electron chi connectivity index (χ1n) is 14.3. The van der Waals surface area contributed by atoms with Crippen LogP contribution in [-0.2, 0) is 30.5 Å². The molecule has 1 unspecified atom stereocenters. The number of amides is 3. The second-order valence-corrected chi connectivity index (χ2v) is 12.1. The quantitative estimate of drug-likeness (QED) is 0.197. The van der Waals surface area contributed by atoms with Gasteiger partial charge in [0, 0.05) is 12.2 Å². The standard InChI is InChI=1S/C29H44N4O7S/c1-6-7-8-9-10-14-24(35)41-15-12-11-13-20-16-22(34)30-17-23-31-21(18-39-23)26(36)33-29(4,5)28(38)32-25(19(2)3)27(37)40-20/h11,13,18-20,25H,6-10,12,14-17H2,1-5H3,(H,30,34)(H,32,38)(H,33,36)/b13-11+/t20-,25?/m1/s1. The van der Waals surface area contributed by atoms with Crippen LogP contribution in [0.1, 0.15) is 102 Å². The van der Waals surface area contributed by atoms with Gasteiger partial charge in [-0.1, -0.05) is 64.3 Å². The molecule has 2 atom stereocenters. The Morgan fingerprint density at radius 1 is 1.17 bits per heavy atom. The number of carbonyl (C=O) groups is 5. The molecule has 41 heavy (non-hydrogen) atoms. The van der Waals surface area contributed by atoms with Gasteiger partial charge in [-0.2, -0.15) is 0 Å². The average molecular weight is 593 g/mol. The summed E-state index contributed by atoms with van der Waals surface area (Å²) in [5, 5.41) is 8.08. The molecule has 2 heterocycles. The van der Waals surface area contributed by atoms with Crippen molar-refractivity contribution in [3.05, 3.63) is 30.0 Å². The summed E-state index contributed by atoms with van der Waals surface area (Å²) >= 11 is 1.28. The maximum Gasteiger partial charge on any atom is 0.329 e. The fraction of sp³-hybridized carbons (Fsp3) is 0.655. The molecule has 0 radical (unpaired) electrons. The van der Waals surface area contributed by atoms with Gasteiger partial charge in [-0.3, -0.25) is 19.2 Å². The van der Waals surface area contributed by atoms with Gasteiger partial charge in [0.1, 0.15) is 23.9 Å². The zero-order chi connectivity index (χ0) is 30.4. The predicted molar refractivity (Wildman–Crippen MR) is 156 cm³/mol. The number of thioether (sulfide) groups is 1. The van der Waals surface area contributed by atoms with E-state index in [-0.39, 0.29) is 35.6 Å². The number of nitrogens with one attached hydrogen (secondary N) is 3. The lowest BCUT2D eigenvalue weighted by Gasteiger charge is -2.29. The molecule has 2 bridgehead atoms. The van der Waals surface area contributed by atoms with Crippen molar-refractivity contribution in [3.63, 3.8) is 0 Å². The van der Waals surface area contributed by atoms with Crippen LogP contribution < -0.4 is 16.0 Å². The van der Waals surface area contributed by atoms with Crippen LogP contribution >= 0.6 is 11.8 Å². The number of aromatic nitrogens is 1. The van der Waals surface area contributed by atoms with Crippen molar-refractivity contribution in [2.45, 2.75) is 110 Å². The third-order valence-electron chi connectivity index (χ3n) is 6.46. The van der Waals surface area contributed by atoms with Crippen molar-refractivity contribution in [1.29, 1.82) is 0 Å². The van der Waals surface area contributed by atoms with Crippen LogP contribution in [0.5, 0.6) is 0 Å². The molecule has 1 aromatic rings. The van der Waals surface area contributed by atoms with E-state index < -0.39 is 41.4 Å². The van der Waals surface area contributed by atoms with E-state index in [1.807, 2.05) is 0 Å². The van der Waals surface area contributed by atoms with Crippen LogP contribution in [0.25, 0.3) is 0 Å². The summed E-state index contributed by atoms with van der Waals surface area (Å²) in [5.41, 5.74) is -1.42. The largest absolute Gasteiger partial charge is 0.456 e. The molecule has 0 aromatic carbocycles. The van der Waals surface area contributed by atoms with Crippen LogP contribution in [-0.4, -0.2) is 57.2 Å². The summed E-state index contributed by atoms with van der Waals surface area (Å²) in [6.45, 7) is 8.60. The maximum atomic E-state index is 13.2. The van der Waals surface area contributed by atoms with Crippen molar-refractivity contribution in [1.82, 2.24) is 20.9 Å². The number of hydrogen-bond donors (Lipinski definition) is 3. The Morgan fingerprint density at radius 2 is 1.90 bits per heavy atom. The molecule has 3 amide bonds. The molecule has 1 aliphatic heterocycles. The fourth-order valence-electron chi connectivity index (χ4n) is 3.95. The Labute approximate surface area is 246 Å². The Bertz CT molecular complexity index is 1080. The van der Waals surface area contributed by atoms with Crippen LogP contribution in [0.2, 0.25) is 0 Å². The summed E-state index contributed by atoms with van der Waals surface area (Å²) in [6.07, 6.45) is 10.1. The summed E-state index contributed by atoms with van der Waals surface area (Å²) in [6, 6.07) is -1.02. The molecule has 0 spiro atoms. The van der Waals surface area contributed by atoms with Gasteiger partial charge in [-0.15, -0.1) is 0 Å². The molecule has 3 N–H and O–H groups in total. The Hall–Kier alpha value is -3.15. The van der Waals surface area contributed by atoms with Gasteiger partial charge in [0.2, 0.25) is 17.7 Å². The third-order valence-corrected chi connectivity index (χ3v) is 7.42. The molecular weight excluding hydrogens is 548 g/mol. The smallest absolute Gasteiger partial charge is 0.329 e. The number of ether oxygens (including phenoxy) is 1. The Morgan fingerprint density at radius 3 is 2.61 bits per heavy atom. The maximum absolute atomic E-state index is 13.2. The van der Waals surface area contributed by atoms with Crippen molar-refractivity contribution in [3.8, 4) is 0 Å². The highest BCUT2D eigenvalue weighted by atomic mass is 32.2. The lowest BCUT2D eigenvalue weighted by molar-refractivity contribution is -0.153. The molecule has 228 valence electrons. The third kappa shape index (κ3) is 12.1. The molecular formula is C29H44N4O7S. The van der Waals surface area contributed by atoms with E-state index in [9.17, 15) is 24.0 Å². The van der Waals surface area contributed by atoms with E-state index in [4.69, 9.17) is 9.15 Å². The number of carbonyl (C=O) groups excluding carboxylic acids is 5. The van der Waals surface area contributed by atoms with Gasteiger partial charge in [-0.25, -0.2) is 9.78 Å².